The Morgan fingerprint density at radius 3 is 2.27 bits per heavy atom. The number of nitrogens with one attached hydrogen (secondary N) is 1. The second-order valence-electron chi connectivity index (χ2n) is 8.29. The first-order chi connectivity index (χ1) is 14.1. The summed E-state index contributed by atoms with van der Waals surface area (Å²) in [4.78, 5) is 12.4. The monoisotopic (exact) mass is 441 g/mol. The van der Waals surface area contributed by atoms with Crippen molar-refractivity contribution in [3.05, 3.63) is 86.7 Å². The molecule has 0 aliphatic rings. The molecule has 2 aromatic carbocycles. The Morgan fingerprint density at radius 2 is 1.67 bits per heavy atom. The number of carbonyl (C=O) groups is 1. The number of rotatable bonds is 4. The van der Waals surface area contributed by atoms with E-state index in [4.69, 9.17) is 23.2 Å². The summed E-state index contributed by atoms with van der Waals surface area (Å²) in [5.74, 6) is -0.245. The lowest BCUT2D eigenvalue weighted by atomic mass is 9.87. The van der Waals surface area contributed by atoms with E-state index in [0.717, 1.165) is 22.6 Å². The molecule has 0 atom stereocenters. The average molecular weight is 442 g/mol. The number of aromatic nitrogens is 1. The predicted molar refractivity (Wildman–Crippen MR) is 125 cm³/mol. The SMILES string of the molecule is Cc1cc(/C=N\NC(=O)c2ccc(C(C)(C)C)cc2)c(C)n1-c1ccc(Cl)c(Cl)c1. The molecular formula is C24H25Cl2N3O. The number of halogens is 2. The van der Waals surface area contributed by atoms with Crippen LogP contribution in [0.1, 0.15) is 53.6 Å². The van der Waals surface area contributed by atoms with E-state index in [1.165, 1.54) is 5.56 Å². The van der Waals surface area contributed by atoms with Crippen LogP contribution >= 0.6 is 23.2 Å². The van der Waals surface area contributed by atoms with Gasteiger partial charge in [0.05, 0.1) is 16.3 Å². The Labute approximate surface area is 187 Å². The summed E-state index contributed by atoms with van der Waals surface area (Å²) in [6, 6.07) is 15.1. The first-order valence-electron chi connectivity index (χ1n) is 9.66. The van der Waals surface area contributed by atoms with Crippen molar-refractivity contribution < 1.29 is 4.79 Å². The van der Waals surface area contributed by atoms with Gasteiger partial charge < -0.3 is 4.57 Å². The van der Waals surface area contributed by atoms with Crippen LogP contribution in [0.4, 0.5) is 0 Å². The third-order valence-corrected chi connectivity index (χ3v) is 5.75. The molecule has 6 heteroatoms. The smallest absolute Gasteiger partial charge is 0.271 e. The third-order valence-electron chi connectivity index (χ3n) is 5.01. The summed E-state index contributed by atoms with van der Waals surface area (Å²) >= 11 is 12.2. The van der Waals surface area contributed by atoms with E-state index >= 15 is 0 Å². The molecule has 0 aliphatic carbocycles. The lowest BCUT2D eigenvalue weighted by Crippen LogP contribution is -2.18. The van der Waals surface area contributed by atoms with E-state index in [2.05, 4.69) is 35.9 Å². The molecule has 1 amide bonds. The highest BCUT2D eigenvalue weighted by molar-refractivity contribution is 6.42. The lowest BCUT2D eigenvalue weighted by Gasteiger charge is -2.18. The first kappa shape index (κ1) is 22.1. The van der Waals surface area contributed by atoms with Crippen LogP contribution in [0.25, 0.3) is 5.69 Å². The maximum absolute atomic E-state index is 12.4. The molecule has 0 saturated heterocycles. The van der Waals surface area contributed by atoms with Gasteiger partial charge >= 0.3 is 0 Å². The lowest BCUT2D eigenvalue weighted by molar-refractivity contribution is 0.0955. The van der Waals surface area contributed by atoms with Gasteiger partial charge in [-0.3, -0.25) is 4.79 Å². The van der Waals surface area contributed by atoms with Gasteiger partial charge in [-0.2, -0.15) is 5.10 Å². The molecule has 0 fully saturated rings. The van der Waals surface area contributed by atoms with Crippen molar-refractivity contribution in [2.45, 2.75) is 40.0 Å². The maximum atomic E-state index is 12.4. The van der Waals surface area contributed by atoms with E-state index in [1.807, 2.05) is 56.3 Å². The first-order valence-corrected chi connectivity index (χ1v) is 10.4. The number of hydrogen-bond acceptors (Lipinski definition) is 2. The second kappa shape index (κ2) is 8.66. The van der Waals surface area contributed by atoms with Crippen molar-refractivity contribution >= 4 is 35.3 Å². The second-order valence-corrected chi connectivity index (χ2v) is 9.10. The van der Waals surface area contributed by atoms with Gasteiger partial charge in [-0.25, -0.2) is 5.43 Å². The van der Waals surface area contributed by atoms with Gasteiger partial charge in [0.1, 0.15) is 0 Å². The summed E-state index contributed by atoms with van der Waals surface area (Å²) in [6.45, 7) is 10.4. The van der Waals surface area contributed by atoms with Gasteiger partial charge in [-0.1, -0.05) is 56.1 Å². The highest BCUT2D eigenvalue weighted by Crippen LogP contribution is 2.27. The normalized spacial score (nSPS) is 11.8. The summed E-state index contributed by atoms with van der Waals surface area (Å²) in [5.41, 5.74) is 8.23. The summed E-state index contributed by atoms with van der Waals surface area (Å²) in [5, 5.41) is 5.16. The molecule has 156 valence electrons. The number of hydrogen-bond donors (Lipinski definition) is 1. The fourth-order valence-electron chi connectivity index (χ4n) is 3.29. The number of benzene rings is 2. The van der Waals surface area contributed by atoms with E-state index < -0.39 is 0 Å². The van der Waals surface area contributed by atoms with Gasteiger partial charge in [-0.05, 0) is 61.2 Å². The van der Waals surface area contributed by atoms with E-state index in [0.29, 0.717) is 15.6 Å². The number of nitrogens with zero attached hydrogens (tertiary/aromatic N) is 2. The van der Waals surface area contributed by atoms with Gasteiger partial charge in [0, 0.05) is 28.2 Å². The molecule has 1 N–H and O–H groups in total. The molecule has 0 saturated carbocycles. The number of amides is 1. The molecule has 0 radical (unpaired) electrons. The van der Waals surface area contributed by atoms with E-state index in [9.17, 15) is 4.79 Å². The van der Waals surface area contributed by atoms with Gasteiger partial charge in [0.15, 0.2) is 0 Å². The highest BCUT2D eigenvalue weighted by atomic mass is 35.5. The van der Waals surface area contributed by atoms with Crippen molar-refractivity contribution in [3.8, 4) is 5.69 Å². The van der Waals surface area contributed by atoms with Gasteiger partial charge in [-0.15, -0.1) is 0 Å². The van der Waals surface area contributed by atoms with E-state index in [1.54, 1.807) is 12.3 Å². The van der Waals surface area contributed by atoms with Crippen LogP contribution < -0.4 is 5.43 Å². The van der Waals surface area contributed by atoms with Crippen LogP contribution in [-0.2, 0) is 5.41 Å². The van der Waals surface area contributed by atoms with Crippen LogP contribution in [0.5, 0.6) is 0 Å². The largest absolute Gasteiger partial charge is 0.318 e. The zero-order valence-corrected chi connectivity index (χ0v) is 19.3. The minimum Gasteiger partial charge on any atom is -0.318 e. The van der Waals surface area contributed by atoms with Crippen LogP contribution in [0.15, 0.2) is 53.6 Å². The van der Waals surface area contributed by atoms with Crippen LogP contribution in [0.3, 0.4) is 0 Å². The van der Waals surface area contributed by atoms with Crippen LogP contribution in [0, 0.1) is 13.8 Å². The quantitative estimate of drug-likeness (QED) is 0.366. The predicted octanol–water partition coefficient (Wildman–Crippen LogP) is 6.46. The Hall–Kier alpha value is -2.56. The molecule has 1 aromatic heterocycles. The molecule has 3 aromatic rings. The zero-order valence-electron chi connectivity index (χ0n) is 17.8. The molecule has 0 unspecified atom stereocenters. The molecule has 4 nitrogen and oxygen atoms in total. The highest BCUT2D eigenvalue weighted by Gasteiger charge is 2.14. The van der Waals surface area contributed by atoms with Crippen molar-refractivity contribution in [1.82, 2.24) is 9.99 Å². The summed E-state index contributed by atoms with van der Waals surface area (Å²) in [6.07, 6.45) is 1.65. The topological polar surface area (TPSA) is 46.4 Å². The number of carbonyl (C=O) groups excluding carboxylic acids is 1. The number of aryl methyl sites for hydroxylation is 1. The minimum atomic E-state index is -0.245. The van der Waals surface area contributed by atoms with Crippen molar-refractivity contribution in [2.75, 3.05) is 0 Å². The van der Waals surface area contributed by atoms with E-state index in [-0.39, 0.29) is 11.3 Å². The zero-order chi connectivity index (χ0) is 22.1. The minimum absolute atomic E-state index is 0.0457. The third kappa shape index (κ3) is 4.77. The van der Waals surface area contributed by atoms with Crippen LogP contribution in [0.2, 0.25) is 10.0 Å². The van der Waals surface area contributed by atoms with Crippen LogP contribution in [-0.4, -0.2) is 16.7 Å². The summed E-state index contributed by atoms with van der Waals surface area (Å²) < 4.78 is 2.07. The molecule has 3 rings (SSSR count). The Morgan fingerprint density at radius 1 is 1.00 bits per heavy atom. The number of hydrazone groups is 1. The van der Waals surface area contributed by atoms with Crippen molar-refractivity contribution in [3.63, 3.8) is 0 Å². The van der Waals surface area contributed by atoms with Crippen molar-refractivity contribution in [2.24, 2.45) is 5.10 Å². The van der Waals surface area contributed by atoms with Gasteiger partial charge in [0.25, 0.3) is 5.91 Å². The molecule has 0 aliphatic heterocycles. The fraction of sp³-hybridized carbons (Fsp3) is 0.250. The molecule has 30 heavy (non-hydrogen) atoms. The average Bonchev–Trinajstić information content (AvgIpc) is 2.97. The standard InChI is InChI=1S/C24H25Cl2N3O/c1-15-12-18(16(2)29(15)20-10-11-21(25)22(26)13-20)14-27-28-23(30)17-6-8-19(9-7-17)24(3,4)5/h6-14H,1-5H3,(H,28,30)/b27-14-. The Balaban J connectivity index is 1.75. The molecule has 0 spiro atoms. The summed E-state index contributed by atoms with van der Waals surface area (Å²) in [7, 11) is 0. The Kier molecular flexibility index (Phi) is 6.39. The molecule has 1 heterocycles. The van der Waals surface area contributed by atoms with Crippen molar-refractivity contribution in [1.29, 1.82) is 0 Å². The molecule has 0 bridgehead atoms. The maximum Gasteiger partial charge on any atom is 0.271 e. The molecular weight excluding hydrogens is 417 g/mol. The fourth-order valence-corrected chi connectivity index (χ4v) is 3.58. The Bertz CT molecular complexity index is 1110. The van der Waals surface area contributed by atoms with Gasteiger partial charge in [0.2, 0.25) is 0 Å².